The third kappa shape index (κ3) is 9.96. The van der Waals surface area contributed by atoms with E-state index in [1.807, 2.05) is 0 Å². The number of nitrogens with zero attached hydrogens (tertiary/aromatic N) is 3. The first-order chi connectivity index (χ1) is 19.7. The fourth-order valence-corrected chi connectivity index (χ4v) is 5.93. The van der Waals surface area contributed by atoms with Crippen molar-refractivity contribution in [3.05, 3.63) is 24.2 Å². The van der Waals surface area contributed by atoms with Gasteiger partial charge < -0.3 is 30.3 Å². The van der Waals surface area contributed by atoms with Crippen molar-refractivity contribution < 1.29 is 38.2 Å². The van der Waals surface area contributed by atoms with Crippen molar-refractivity contribution in [2.45, 2.75) is 115 Å². The summed E-state index contributed by atoms with van der Waals surface area (Å²) in [4.78, 5) is 14.0. The number of hydrogen-bond donors (Lipinski definition) is 4. The molecular weight excluding hydrogens is 551 g/mol. The highest BCUT2D eigenvalue weighted by Gasteiger charge is 2.54. The molecule has 41 heavy (non-hydrogen) atoms. The van der Waals surface area contributed by atoms with Crippen LogP contribution < -0.4 is 5.73 Å². The molecule has 0 aromatic carbocycles. The first-order valence-corrected chi connectivity index (χ1v) is 16.5. The van der Waals surface area contributed by atoms with Gasteiger partial charge in [0.2, 0.25) is 0 Å². The Morgan fingerprint density at radius 3 is 2.27 bits per heavy atom. The average molecular weight is 601 g/mol. The average Bonchev–Trinajstić information content (AvgIpc) is 3.48. The lowest BCUT2D eigenvalue weighted by Gasteiger charge is -2.27. The number of aliphatic hydroxyl groups excluding tert-OH is 2. The van der Waals surface area contributed by atoms with Crippen molar-refractivity contribution in [1.82, 2.24) is 14.6 Å². The zero-order chi connectivity index (χ0) is 29.7. The summed E-state index contributed by atoms with van der Waals surface area (Å²) in [6, 6.07) is 3.34. The van der Waals surface area contributed by atoms with Crippen molar-refractivity contribution in [3.8, 4) is 0 Å². The molecule has 3 rings (SSSR count). The first-order valence-electron chi connectivity index (χ1n) is 15.0. The summed E-state index contributed by atoms with van der Waals surface area (Å²) >= 11 is 0. The van der Waals surface area contributed by atoms with E-state index in [0.717, 1.165) is 12.8 Å². The predicted molar refractivity (Wildman–Crippen MR) is 155 cm³/mol. The van der Waals surface area contributed by atoms with E-state index in [1.165, 1.54) is 75.1 Å². The van der Waals surface area contributed by atoms with E-state index in [2.05, 4.69) is 17.0 Å². The van der Waals surface area contributed by atoms with Crippen LogP contribution in [0, 0.1) is 0 Å². The molecule has 0 radical (unpaired) electrons. The third-order valence-electron chi connectivity index (χ3n) is 7.68. The minimum Gasteiger partial charge on any atom is -0.387 e. The van der Waals surface area contributed by atoms with E-state index in [1.54, 1.807) is 19.1 Å². The Morgan fingerprint density at radius 1 is 0.976 bits per heavy atom. The highest BCUT2D eigenvalue weighted by molar-refractivity contribution is 7.47. The van der Waals surface area contributed by atoms with Gasteiger partial charge in [0, 0.05) is 6.61 Å². The summed E-state index contributed by atoms with van der Waals surface area (Å²) in [5, 5.41) is 25.5. The molecule has 2 aromatic heterocycles. The van der Waals surface area contributed by atoms with Gasteiger partial charge in [-0.05, 0) is 25.5 Å². The lowest BCUT2D eigenvalue weighted by molar-refractivity contribution is -0.0889. The lowest BCUT2D eigenvalue weighted by atomic mass is 9.93. The normalized spacial score (nSPS) is 24.3. The zero-order valence-electron chi connectivity index (χ0n) is 24.5. The van der Waals surface area contributed by atoms with Crippen molar-refractivity contribution in [2.24, 2.45) is 0 Å². The molecule has 0 bridgehead atoms. The van der Waals surface area contributed by atoms with E-state index in [4.69, 9.17) is 24.3 Å². The SMILES string of the molecule is CCCCCCCCCCCCCCOCCOP(=O)(O)OC[C@H]1O[C@@](C)(c2ccc3c(N)ncnn23)[C@H](O)[C@@H]1O. The van der Waals surface area contributed by atoms with Crippen molar-refractivity contribution >= 4 is 19.2 Å². The van der Waals surface area contributed by atoms with Crippen LogP contribution in [0.2, 0.25) is 0 Å². The molecule has 1 aliphatic heterocycles. The smallest absolute Gasteiger partial charge is 0.387 e. The third-order valence-corrected chi connectivity index (χ3v) is 8.67. The van der Waals surface area contributed by atoms with Crippen LogP contribution in [0.15, 0.2) is 18.5 Å². The van der Waals surface area contributed by atoms with E-state index >= 15 is 0 Å². The van der Waals surface area contributed by atoms with Gasteiger partial charge in [-0.1, -0.05) is 77.6 Å². The minimum atomic E-state index is -4.42. The van der Waals surface area contributed by atoms with Gasteiger partial charge in [-0.25, -0.2) is 14.1 Å². The van der Waals surface area contributed by atoms with Crippen LogP contribution in [0.5, 0.6) is 0 Å². The summed E-state index contributed by atoms with van der Waals surface area (Å²) in [6.45, 7) is 3.98. The maximum Gasteiger partial charge on any atom is 0.472 e. The first kappa shape index (κ1) is 33.9. The monoisotopic (exact) mass is 600 g/mol. The maximum absolute atomic E-state index is 12.3. The van der Waals surface area contributed by atoms with Gasteiger partial charge in [-0.3, -0.25) is 9.05 Å². The Balaban J connectivity index is 1.27. The Labute approximate surface area is 243 Å². The number of rotatable bonds is 21. The molecule has 12 nitrogen and oxygen atoms in total. The van der Waals surface area contributed by atoms with Gasteiger partial charge in [-0.2, -0.15) is 5.10 Å². The standard InChI is InChI=1S/C28H49N4O8P/c1-3-4-5-6-7-8-9-10-11-12-13-14-17-37-18-19-38-41(35,36)39-20-23-25(33)26(34)28(2,40-23)24-16-15-22-27(29)30-21-31-32(22)24/h15-16,21,23,25-26,33-34H,3-14,17-20H2,1-2H3,(H,35,36)(H2,29,30,31)/t23-,25-,26-,28+/m1/s1. The molecule has 1 aliphatic rings. The quantitative estimate of drug-likeness (QED) is 0.117. The molecule has 0 amide bonds. The molecule has 2 aromatic rings. The summed E-state index contributed by atoms with van der Waals surface area (Å²) in [6.07, 6.45) is 12.6. The number of aliphatic hydroxyl groups is 2. The Kier molecular flexibility index (Phi) is 13.9. The van der Waals surface area contributed by atoms with Crippen LogP contribution in [-0.4, -0.2) is 74.4 Å². The van der Waals surface area contributed by atoms with Gasteiger partial charge in [-0.15, -0.1) is 0 Å². The molecular formula is C28H49N4O8P. The molecule has 5 N–H and O–H groups in total. The molecule has 1 unspecified atom stereocenters. The van der Waals surface area contributed by atoms with Gasteiger partial charge in [0.25, 0.3) is 0 Å². The number of unbranched alkanes of at least 4 members (excludes halogenated alkanes) is 11. The molecule has 234 valence electrons. The van der Waals surface area contributed by atoms with Crippen LogP contribution in [0.3, 0.4) is 0 Å². The molecule has 0 aliphatic carbocycles. The number of anilines is 1. The molecule has 0 spiro atoms. The van der Waals surface area contributed by atoms with Crippen LogP contribution in [0.25, 0.3) is 5.52 Å². The summed E-state index contributed by atoms with van der Waals surface area (Å²) in [7, 11) is -4.42. The topological polar surface area (TPSA) is 171 Å². The van der Waals surface area contributed by atoms with Gasteiger partial charge >= 0.3 is 7.82 Å². The van der Waals surface area contributed by atoms with Crippen LogP contribution >= 0.6 is 7.82 Å². The second-order valence-electron chi connectivity index (χ2n) is 11.0. The van der Waals surface area contributed by atoms with E-state index in [0.29, 0.717) is 17.8 Å². The van der Waals surface area contributed by atoms with Gasteiger partial charge in [0.1, 0.15) is 35.8 Å². The number of nitrogen functional groups attached to an aromatic ring is 1. The number of fused-ring (bicyclic) bond motifs is 1. The molecule has 0 saturated carbocycles. The number of aromatic nitrogens is 3. The predicted octanol–water partition coefficient (Wildman–Crippen LogP) is 4.50. The zero-order valence-corrected chi connectivity index (χ0v) is 25.4. The molecule has 5 atom stereocenters. The second-order valence-corrected chi connectivity index (χ2v) is 12.4. The summed E-state index contributed by atoms with van der Waals surface area (Å²) < 4.78 is 35.3. The number of phosphoric ester groups is 1. The molecule has 1 saturated heterocycles. The van der Waals surface area contributed by atoms with Crippen LogP contribution in [0.4, 0.5) is 5.82 Å². The molecule has 3 heterocycles. The fourth-order valence-electron chi connectivity index (χ4n) is 5.22. The molecule has 1 fully saturated rings. The highest BCUT2D eigenvalue weighted by Crippen LogP contribution is 2.46. The van der Waals surface area contributed by atoms with Crippen LogP contribution in [0.1, 0.15) is 96.6 Å². The summed E-state index contributed by atoms with van der Waals surface area (Å²) in [5.41, 5.74) is 5.45. The summed E-state index contributed by atoms with van der Waals surface area (Å²) in [5.74, 6) is 0.249. The largest absolute Gasteiger partial charge is 0.472 e. The lowest BCUT2D eigenvalue weighted by Crippen LogP contribution is -2.39. The Bertz CT molecular complexity index is 1090. The van der Waals surface area contributed by atoms with E-state index in [9.17, 15) is 19.7 Å². The number of phosphoric acid groups is 1. The Hall–Kier alpha value is -1.63. The molecule has 13 heteroatoms. The number of nitrogens with two attached hydrogens (primary N) is 1. The van der Waals surface area contributed by atoms with E-state index < -0.39 is 38.3 Å². The van der Waals surface area contributed by atoms with E-state index in [-0.39, 0.29) is 19.0 Å². The van der Waals surface area contributed by atoms with Crippen LogP contribution in [-0.2, 0) is 28.7 Å². The highest BCUT2D eigenvalue weighted by atomic mass is 31.2. The Morgan fingerprint density at radius 2 is 1.61 bits per heavy atom. The van der Waals surface area contributed by atoms with Crippen molar-refractivity contribution in [3.63, 3.8) is 0 Å². The number of ether oxygens (including phenoxy) is 2. The van der Waals surface area contributed by atoms with Gasteiger partial charge in [0.05, 0.1) is 25.5 Å². The number of hydrogen-bond acceptors (Lipinski definition) is 10. The maximum atomic E-state index is 12.3. The second kappa shape index (κ2) is 16.9. The fraction of sp³-hybridized carbons (Fsp3) is 0.786. The minimum absolute atomic E-state index is 0.113. The van der Waals surface area contributed by atoms with Crippen molar-refractivity contribution in [2.75, 3.05) is 32.2 Å². The van der Waals surface area contributed by atoms with Crippen molar-refractivity contribution in [1.29, 1.82) is 0 Å². The van der Waals surface area contributed by atoms with Gasteiger partial charge in [0.15, 0.2) is 5.82 Å².